The summed E-state index contributed by atoms with van der Waals surface area (Å²) >= 11 is 0. The van der Waals surface area contributed by atoms with Gasteiger partial charge in [0.25, 0.3) is 5.91 Å². The topological polar surface area (TPSA) is 38.1 Å². The monoisotopic (exact) mass is 373 g/mol. The Hall–Kier alpha value is -3.09. The minimum absolute atomic E-state index is 0.0641. The largest absolute Gasteiger partial charge is 0.433 e. The fourth-order valence-electron chi connectivity index (χ4n) is 2.85. The van der Waals surface area contributed by atoms with Crippen molar-refractivity contribution in [2.45, 2.75) is 19.3 Å². The van der Waals surface area contributed by atoms with Gasteiger partial charge in [0.2, 0.25) is 0 Å². The van der Waals surface area contributed by atoms with E-state index in [1.807, 2.05) is 30.3 Å². The average Bonchev–Trinajstić information content (AvgIpc) is 3.06. The van der Waals surface area contributed by atoms with E-state index in [2.05, 4.69) is 5.10 Å². The van der Waals surface area contributed by atoms with Gasteiger partial charge in [-0.2, -0.15) is 18.3 Å². The van der Waals surface area contributed by atoms with Gasteiger partial charge in [0.15, 0.2) is 5.69 Å². The molecule has 0 radical (unpaired) electrons. The molecule has 1 heterocycles. The zero-order chi connectivity index (χ0) is 19.4. The number of rotatable bonds is 5. The van der Waals surface area contributed by atoms with Crippen molar-refractivity contribution in [1.82, 2.24) is 14.7 Å². The van der Waals surface area contributed by atoms with Gasteiger partial charge < -0.3 is 4.90 Å². The summed E-state index contributed by atoms with van der Waals surface area (Å²) in [5.41, 5.74) is 0.0226. The Balaban J connectivity index is 1.89. The number of halogens is 3. The molecule has 0 saturated heterocycles. The summed E-state index contributed by atoms with van der Waals surface area (Å²) in [6.07, 6.45) is -3.69. The van der Waals surface area contributed by atoms with Crippen molar-refractivity contribution in [3.63, 3.8) is 0 Å². The molecule has 0 fully saturated rings. The van der Waals surface area contributed by atoms with E-state index < -0.39 is 23.3 Å². The average molecular weight is 373 g/mol. The molecule has 0 unspecified atom stereocenters. The molecule has 0 saturated carbocycles. The fraction of sp³-hybridized carbons (Fsp3) is 0.200. The molecule has 4 nitrogen and oxygen atoms in total. The van der Waals surface area contributed by atoms with E-state index in [-0.39, 0.29) is 13.1 Å². The van der Waals surface area contributed by atoms with Gasteiger partial charge >= 0.3 is 6.18 Å². The molecular weight excluding hydrogens is 355 g/mol. The Morgan fingerprint density at radius 3 is 2.11 bits per heavy atom. The standard InChI is InChI=1S/C20H18F3N3O/c1-25(13-15-8-4-2-5-9-15)19(27)17-12-24-26(18(17)20(21,22)23)14-16-10-6-3-7-11-16/h2-12H,13-14H2,1H3. The molecule has 1 amide bonds. The van der Waals surface area contributed by atoms with Crippen LogP contribution in [0.2, 0.25) is 0 Å². The van der Waals surface area contributed by atoms with E-state index in [4.69, 9.17) is 0 Å². The van der Waals surface area contributed by atoms with Crippen LogP contribution < -0.4 is 0 Å². The molecule has 27 heavy (non-hydrogen) atoms. The highest BCUT2D eigenvalue weighted by molar-refractivity contribution is 5.95. The molecule has 3 aromatic rings. The van der Waals surface area contributed by atoms with Crippen molar-refractivity contribution >= 4 is 5.91 Å². The number of nitrogens with zero attached hydrogens (tertiary/aromatic N) is 3. The van der Waals surface area contributed by atoms with Gasteiger partial charge in [-0.25, -0.2) is 0 Å². The van der Waals surface area contributed by atoms with Gasteiger partial charge in [0.1, 0.15) is 0 Å². The van der Waals surface area contributed by atoms with E-state index in [1.54, 1.807) is 30.3 Å². The smallest absolute Gasteiger partial charge is 0.337 e. The molecule has 1 aromatic heterocycles. The second kappa shape index (κ2) is 7.65. The first-order valence-corrected chi connectivity index (χ1v) is 8.32. The summed E-state index contributed by atoms with van der Waals surface area (Å²) in [7, 11) is 1.48. The molecule has 0 aliphatic carbocycles. The summed E-state index contributed by atoms with van der Waals surface area (Å²) in [4.78, 5) is 13.9. The normalized spacial score (nSPS) is 11.4. The van der Waals surface area contributed by atoms with Gasteiger partial charge in [-0.3, -0.25) is 9.48 Å². The summed E-state index contributed by atoms with van der Waals surface area (Å²) < 4.78 is 41.8. The highest BCUT2D eigenvalue weighted by atomic mass is 19.4. The van der Waals surface area contributed by atoms with E-state index >= 15 is 0 Å². The van der Waals surface area contributed by atoms with E-state index in [1.165, 1.54) is 11.9 Å². The van der Waals surface area contributed by atoms with Crippen LogP contribution in [0.5, 0.6) is 0 Å². The number of benzene rings is 2. The third-order valence-corrected chi connectivity index (χ3v) is 4.12. The maximum Gasteiger partial charge on any atom is 0.433 e. The van der Waals surface area contributed by atoms with Crippen molar-refractivity contribution < 1.29 is 18.0 Å². The first-order chi connectivity index (χ1) is 12.9. The number of carbonyl (C=O) groups is 1. The van der Waals surface area contributed by atoms with Gasteiger partial charge in [0.05, 0.1) is 18.3 Å². The molecule has 2 aromatic carbocycles. The zero-order valence-electron chi connectivity index (χ0n) is 14.6. The van der Waals surface area contributed by atoms with Crippen molar-refractivity contribution in [2.75, 3.05) is 7.05 Å². The van der Waals surface area contributed by atoms with Crippen molar-refractivity contribution in [3.8, 4) is 0 Å². The second-order valence-electron chi connectivity index (χ2n) is 6.19. The molecule has 0 aliphatic rings. The third kappa shape index (κ3) is 4.36. The van der Waals surface area contributed by atoms with Crippen molar-refractivity contribution in [1.29, 1.82) is 0 Å². The lowest BCUT2D eigenvalue weighted by Gasteiger charge is -2.18. The van der Waals surface area contributed by atoms with Crippen LogP contribution in [-0.2, 0) is 19.3 Å². The predicted octanol–water partition coefficient (Wildman–Crippen LogP) is 4.22. The minimum Gasteiger partial charge on any atom is -0.337 e. The maximum atomic E-state index is 13.7. The maximum absolute atomic E-state index is 13.7. The Morgan fingerprint density at radius 2 is 1.56 bits per heavy atom. The first kappa shape index (κ1) is 18.7. The number of carbonyl (C=O) groups excluding carboxylic acids is 1. The van der Waals surface area contributed by atoms with E-state index in [0.29, 0.717) is 5.56 Å². The molecule has 3 rings (SSSR count). The molecule has 0 spiro atoms. The van der Waals surface area contributed by atoms with Crippen molar-refractivity contribution in [3.05, 3.63) is 89.2 Å². The van der Waals surface area contributed by atoms with Crippen LogP contribution in [0, 0.1) is 0 Å². The Morgan fingerprint density at radius 1 is 1.00 bits per heavy atom. The fourth-order valence-corrected chi connectivity index (χ4v) is 2.85. The number of aromatic nitrogens is 2. The molecule has 140 valence electrons. The zero-order valence-corrected chi connectivity index (χ0v) is 14.6. The number of amides is 1. The summed E-state index contributed by atoms with van der Waals surface area (Å²) in [6.45, 7) is 0.145. The third-order valence-electron chi connectivity index (χ3n) is 4.12. The van der Waals surface area contributed by atoms with Crippen LogP contribution >= 0.6 is 0 Å². The quantitative estimate of drug-likeness (QED) is 0.672. The lowest BCUT2D eigenvalue weighted by Crippen LogP contribution is -2.29. The predicted molar refractivity (Wildman–Crippen MR) is 95.0 cm³/mol. The highest BCUT2D eigenvalue weighted by Crippen LogP contribution is 2.33. The van der Waals surface area contributed by atoms with Gasteiger partial charge in [0, 0.05) is 13.6 Å². The molecule has 0 bridgehead atoms. The number of hydrogen-bond donors (Lipinski definition) is 0. The van der Waals surface area contributed by atoms with Gasteiger partial charge in [-0.15, -0.1) is 0 Å². The minimum atomic E-state index is -4.69. The SMILES string of the molecule is CN(Cc1ccccc1)C(=O)c1cnn(Cc2ccccc2)c1C(F)(F)F. The van der Waals surface area contributed by atoms with Crippen LogP contribution in [0.4, 0.5) is 13.2 Å². The van der Waals surface area contributed by atoms with E-state index in [0.717, 1.165) is 16.4 Å². The van der Waals surface area contributed by atoms with Crippen LogP contribution in [0.3, 0.4) is 0 Å². The van der Waals surface area contributed by atoms with E-state index in [9.17, 15) is 18.0 Å². The van der Waals surface area contributed by atoms with Gasteiger partial charge in [-0.1, -0.05) is 60.7 Å². The van der Waals surface area contributed by atoms with Gasteiger partial charge in [-0.05, 0) is 11.1 Å². The molecular formula is C20H18F3N3O. The molecule has 0 aliphatic heterocycles. The summed E-state index contributed by atoms with van der Waals surface area (Å²) in [6, 6.07) is 17.8. The Labute approximate surface area is 154 Å². The summed E-state index contributed by atoms with van der Waals surface area (Å²) in [5, 5.41) is 3.84. The lowest BCUT2D eigenvalue weighted by atomic mass is 10.1. The molecule has 0 atom stereocenters. The number of alkyl halides is 3. The second-order valence-corrected chi connectivity index (χ2v) is 6.19. The van der Waals surface area contributed by atoms with Crippen molar-refractivity contribution in [2.24, 2.45) is 0 Å². The van der Waals surface area contributed by atoms with Crippen LogP contribution in [0.25, 0.3) is 0 Å². The Bertz CT molecular complexity index is 905. The van der Waals surface area contributed by atoms with Crippen LogP contribution in [0.1, 0.15) is 27.2 Å². The summed E-state index contributed by atoms with van der Waals surface area (Å²) in [5.74, 6) is -0.717. The first-order valence-electron chi connectivity index (χ1n) is 8.32. The highest BCUT2D eigenvalue weighted by Gasteiger charge is 2.40. The lowest BCUT2D eigenvalue weighted by molar-refractivity contribution is -0.144. The Kier molecular flexibility index (Phi) is 5.30. The number of hydrogen-bond acceptors (Lipinski definition) is 2. The molecule has 7 heteroatoms. The van der Waals surface area contributed by atoms with Crippen LogP contribution in [-0.4, -0.2) is 27.6 Å². The van der Waals surface area contributed by atoms with Crippen LogP contribution in [0.15, 0.2) is 66.9 Å². The molecule has 0 N–H and O–H groups in total.